The van der Waals surface area contributed by atoms with Gasteiger partial charge in [-0.15, -0.1) is 0 Å². The number of nitrogen functional groups attached to an aromatic ring is 1. The van der Waals surface area contributed by atoms with Gasteiger partial charge in [0.1, 0.15) is 30.1 Å². The third kappa shape index (κ3) is 4.89. The van der Waals surface area contributed by atoms with Crippen LogP contribution in [0, 0.1) is 5.92 Å². The first-order valence-corrected chi connectivity index (χ1v) is 13.1. The number of aromatic nitrogens is 3. The van der Waals surface area contributed by atoms with Crippen LogP contribution in [0.4, 0.5) is 10.6 Å². The molecule has 1 amide bonds. The number of amides is 1. The molecule has 2 fully saturated rings. The molecule has 0 spiro atoms. The van der Waals surface area contributed by atoms with E-state index in [1.54, 1.807) is 0 Å². The highest BCUT2D eigenvalue weighted by Crippen LogP contribution is 2.44. The molecular weight excluding hydrogens is 480 g/mol. The van der Waals surface area contributed by atoms with E-state index in [0.29, 0.717) is 24.4 Å². The van der Waals surface area contributed by atoms with Gasteiger partial charge in [0, 0.05) is 30.9 Å². The lowest BCUT2D eigenvalue weighted by Crippen LogP contribution is -2.41. The summed E-state index contributed by atoms with van der Waals surface area (Å²) >= 11 is 0. The topological polar surface area (TPSA) is 122 Å². The molecule has 2 aromatic heterocycles. The van der Waals surface area contributed by atoms with Crippen molar-refractivity contribution in [2.45, 2.75) is 44.6 Å². The first-order chi connectivity index (χ1) is 18.5. The van der Waals surface area contributed by atoms with Crippen LogP contribution in [0.25, 0.3) is 22.2 Å². The highest BCUT2D eigenvalue weighted by atomic mass is 16.6. The summed E-state index contributed by atoms with van der Waals surface area (Å²) in [6, 6.07) is 18.5. The largest absolute Gasteiger partial charge is 0.489 e. The van der Waals surface area contributed by atoms with Gasteiger partial charge < -0.3 is 25.5 Å². The minimum atomic E-state index is -0.702. The standard InChI is InChI=1S/C29H32N6O3/c30-27-26-24(21-8-4-9-23(14-21)37-17-19-6-2-1-3-7-19)16-35(28(26)33-18-32-27)22-12-20(13-22)15-34-11-5-10-25(34)38-29(31)36/h1-4,6-9,14,16,18,20,22,25H,5,10-13,15,17H2,(H2,31,36)(H2,30,32,33)/t20?,22?,25-/m1/s1. The van der Waals surface area contributed by atoms with E-state index in [-0.39, 0.29) is 6.23 Å². The zero-order valence-corrected chi connectivity index (χ0v) is 21.2. The molecule has 38 heavy (non-hydrogen) atoms. The fourth-order valence-electron chi connectivity index (χ4n) is 5.78. The number of ether oxygens (including phenoxy) is 2. The van der Waals surface area contributed by atoms with Gasteiger partial charge in [0.15, 0.2) is 6.23 Å². The number of benzene rings is 2. The molecule has 4 aromatic rings. The molecule has 0 unspecified atom stereocenters. The molecule has 1 aliphatic carbocycles. The molecule has 1 saturated heterocycles. The van der Waals surface area contributed by atoms with Gasteiger partial charge in [-0.1, -0.05) is 42.5 Å². The van der Waals surface area contributed by atoms with E-state index >= 15 is 0 Å². The highest BCUT2D eigenvalue weighted by Gasteiger charge is 2.37. The zero-order chi connectivity index (χ0) is 26.1. The van der Waals surface area contributed by atoms with Crippen LogP contribution in [0.15, 0.2) is 67.1 Å². The van der Waals surface area contributed by atoms with E-state index in [0.717, 1.165) is 72.2 Å². The Bertz CT molecular complexity index is 1430. The third-order valence-corrected chi connectivity index (χ3v) is 7.68. The molecule has 2 aromatic carbocycles. The summed E-state index contributed by atoms with van der Waals surface area (Å²) in [7, 11) is 0. The number of anilines is 1. The van der Waals surface area contributed by atoms with Crippen LogP contribution in [0.2, 0.25) is 0 Å². The van der Waals surface area contributed by atoms with Gasteiger partial charge in [-0.25, -0.2) is 14.8 Å². The molecule has 6 rings (SSSR count). The van der Waals surface area contributed by atoms with Crippen molar-refractivity contribution in [1.29, 1.82) is 0 Å². The number of rotatable bonds is 8. The molecule has 1 atom stereocenters. The Morgan fingerprint density at radius 1 is 1.08 bits per heavy atom. The Balaban J connectivity index is 1.20. The van der Waals surface area contributed by atoms with E-state index in [1.165, 1.54) is 6.33 Å². The highest BCUT2D eigenvalue weighted by molar-refractivity contribution is 6.00. The average molecular weight is 513 g/mol. The second-order valence-electron chi connectivity index (χ2n) is 10.2. The maximum Gasteiger partial charge on any atom is 0.406 e. The average Bonchev–Trinajstić information content (AvgIpc) is 3.50. The van der Waals surface area contributed by atoms with Crippen molar-refractivity contribution in [2.24, 2.45) is 11.7 Å². The minimum absolute atomic E-state index is 0.200. The maximum atomic E-state index is 11.2. The van der Waals surface area contributed by atoms with Crippen molar-refractivity contribution < 1.29 is 14.3 Å². The van der Waals surface area contributed by atoms with Gasteiger partial charge in [0.2, 0.25) is 0 Å². The summed E-state index contributed by atoms with van der Waals surface area (Å²) in [5.74, 6) is 1.79. The van der Waals surface area contributed by atoms with Crippen molar-refractivity contribution in [2.75, 3.05) is 18.8 Å². The van der Waals surface area contributed by atoms with Gasteiger partial charge in [-0.2, -0.15) is 0 Å². The van der Waals surface area contributed by atoms with E-state index in [9.17, 15) is 4.79 Å². The maximum absolute atomic E-state index is 11.2. The first-order valence-electron chi connectivity index (χ1n) is 13.1. The number of carbonyl (C=O) groups excluding carboxylic acids is 1. The fourth-order valence-corrected chi connectivity index (χ4v) is 5.78. The first kappa shape index (κ1) is 24.2. The molecule has 2 aliphatic rings. The van der Waals surface area contributed by atoms with Crippen molar-refractivity contribution >= 4 is 22.9 Å². The Kier molecular flexibility index (Phi) is 6.59. The van der Waals surface area contributed by atoms with Crippen molar-refractivity contribution in [3.8, 4) is 16.9 Å². The summed E-state index contributed by atoms with van der Waals surface area (Å²) in [4.78, 5) is 22.4. The Hall–Kier alpha value is -4.11. The number of carbonyl (C=O) groups is 1. The number of likely N-dealkylation sites (tertiary alicyclic amines) is 1. The molecule has 0 radical (unpaired) electrons. The number of hydrogen-bond acceptors (Lipinski definition) is 7. The number of primary amides is 1. The molecule has 0 bridgehead atoms. The van der Waals surface area contributed by atoms with Crippen LogP contribution >= 0.6 is 0 Å². The number of hydrogen-bond donors (Lipinski definition) is 2. The minimum Gasteiger partial charge on any atom is -0.489 e. The van der Waals surface area contributed by atoms with Gasteiger partial charge in [-0.3, -0.25) is 4.90 Å². The lowest BCUT2D eigenvalue weighted by molar-refractivity contribution is -0.00181. The molecular formula is C29H32N6O3. The van der Waals surface area contributed by atoms with Gasteiger partial charge in [0.25, 0.3) is 0 Å². The smallest absolute Gasteiger partial charge is 0.406 e. The van der Waals surface area contributed by atoms with Gasteiger partial charge in [0.05, 0.1) is 5.39 Å². The summed E-state index contributed by atoms with van der Waals surface area (Å²) in [6.45, 7) is 2.34. The lowest BCUT2D eigenvalue weighted by Gasteiger charge is -2.39. The summed E-state index contributed by atoms with van der Waals surface area (Å²) < 4.78 is 13.6. The molecule has 3 heterocycles. The van der Waals surface area contributed by atoms with Gasteiger partial charge in [-0.05, 0) is 54.9 Å². The van der Waals surface area contributed by atoms with Crippen molar-refractivity contribution in [3.05, 3.63) is 72.7 Å². The van der Waals surface area contributed by atoms with E-state index in [2.05, 4.69) is 43.8 Å². The quantitative estimate of drug-likeness (QED) is 0.350. The second kappa shape index (κ2) is 10.3. The number of nitrogens with zero attached hydrogens (tertiary/aromatic N) is 4. The van der Waals surface area contributed by atoms with Crippen LogP contribution in [0.1, 0.15) is 37.3 Å². The lowest BCUT2D eigenvalue weighted by atomic mass is 9.79. The van der Waals surface area contributed by atoms with Crippen LogP contribution in [0.3, 0.4) is 0 Å². The Labute approximate surface area is 221 Å². The predicted octanol–water partition coefficient (Wildman–Crippen LogP) is 4.73. The number of nitrogens with two attached hydrogens (primary N) is 2. The molecule has 4 N–H and O–H groups in total. The third-order valence-electron chi connectivity index (χ3n) is 7.68. The van der Waals surface area contributed by atoms with Crippen LogP contribution in [0.5, 0.6) is 5.75 Å². The van der Waals surface area contributed by atoms with E-state index in [1.807, 2.05) is 36.4 Å². The Morgan fingerprint density at radius 2 is 1.92 bits per heavy atom. The van der Waals surface area contributed by atoms with E-state index in [4.69, 9.17) is 20.9 Å². The van der Waals surface area contributed by atoms with Gasteiger partial charge >= 0.3 is 6.09 Å². The molecule has 1 saturated carbocycles. The molecule has 9 heteroatoms. The Morgan fingerprint density at radius 3 is 2.74 bits per heavy atom. The summed E-state index contributed by atoms with van der Waals surface area (Å²) in [5, 5.41) is 0.866. The predicted molar refractivity (Wildman–Crippen MR) is 145 cm³/mol. The normalized spacial score (nSPS) is 21.3. The van der Waals surface area contributed by atoms with Crippen LogP contribution in [-0.2, 0) is 11.3 Å². The van der Waals surface area contributed by atoms with Crippen molar-refractivity contribution in [3.63, 3.8) is 0 Å². The molecule has 196 valence electrons. The van der Waals surface area contributed by atoms with E-state index < -0.39 is 6.09 Å². The van der Waals surface area contributed by atoms with Crippen molar-refractivity contribution in [1.82, 2.24) is 19.4 Å². The zero-order valence-electron chi connectivity index (χ0n) is 21.2. The number of fused-ring (bicyclic) bond motifs is 1. The van der Waals surface area contributed by atoms with Crippen LogP contribution < -0.4 is 16.2 Å². The molecule has 1 aliphatic heterocycles. The summed E-state index contributed by atoms with van der Waals surface area (Å²) in [5.41, 5.74) is 15.6. The second-order valence-corrected chi connectivity index (χ2v) is 10.2. The molecule has 9 nitrogen and oxygen atoms in total. The summed E-state index contributed by atoms with van der Waals surface area (Å²) in [6.07, 6.45) is 6.69. The monoisotopic (exact) mass is 512 g/mol. The van der Waals surface area contributed by atoms with Crippen LogP contribution in [-0.4, -0.2) is 44.8 Å². The SMILES string of the molecule is NC(=O)O[C@@H]1CCCN1CC1CC(n2cc(-c3cccc(OCc4ccccc4)c3)c3c(N)ncnc32)C1. The fraction of sp³-hybridized carbons (Fsp3) is 0.345.